The summed E-state index contributed by atoms with van der Waals surface area (Å²) in [4.78, 5) is 0. The summed E-state index contributed by atoms with van der Waals surface area (Å²) in [6.07, 6.45) is 0. The van der Waals surface area contributed by atoms with Crippen LogP contribution in [0.4, 0.5) is 0 Å². The van der Waals surface area contributed by atoms with E-state index in [1.165, 1.54) is 5.56 Å². The maximum Gasteiger partial charge on any atom is -0.0398 e. The molecule has 0 aromatic heterocycles. The van der Waals surface area contributed by atoms with Crippen LogP contribution in [0, 0.1) is 6.92 Å². The van der Waals surface area contributed by atoms with E-state index in [4.69, 9.17) is 0 Å². The molecule has 0 saturated heterocycles. The van der Waals surface area contributed by atoms with Gasteiger partial charge in [-0.3, -0.25) is 0 Å². The van der Waals surface area contributed by atoms with E-state index < -0.39 is 0 Å². The standard InChI is InChI=1S/C7H8/c1-7-5-3-2-4-6-7/h2-6H,1H3/i7+1. The van der Waals surface area contributed by atoms with Crippen LogP contribution in [0.5, 0.6) is 0 Å². The van der Waals surface area contributed by atoms with E-state index in [9.17, 15) is 0 Å². The molecule has 0 N–H and O–H groups in total. The van der Waals surface area contributed by atoms with Gasteiger partial charge in [0.25, 0.3) is 0 Å². The Kier molecular flexibility index (Phi) is 1.12. The van der Waals surface area contributed by atoms with Crippen molar-refractivity contribution in [3.63, 3.8) is 0 Å². The molecule has 0 radical (unpaired) electrons. The largest absolute Gasteiger partial charge is 0.0622 e. The van der Waals surface area contributed by atoms with Gasteiger partial charge in [-0.2, -0.15) is 0 Å². The molecule has 0 atom stereocenters. The second kappa shape index (κ2) is 1.78. The molecule has 0 unspecified atom stereocenters. The van der Waals surface area contributed by atoms with E-state index in [1.807, 2.05) is 18.2 Å². The van der Waals surface area contributed by atoms with Gasteiger partial charge in [-0.15, -0.1) is 0 Å². The van der Waals surface area contributed by atoms with Crippen LogP contribution in [-0.2, 0) is 0 Å². The van der Waals surface area contributed by atoms with Gasteiger partial charge in [0, 0.05) is 0 Å². The normalized spacial score (nSPS) is 8.71. The van der Waals surface area contributed by atoms with Gasteiger partial charge in [0.1, 0.15) is 0 Å². The molecule has 0 nitrogen and oxygen atoms in total. The van der Waals surface area contributed by atoms with Crippen LogP contribution in [0.15, 0.2) is 30.3 Å². The van der Waals surface area contributed by atoms with E-state index in [0.29, 0.717) is 0 Å². The molecule has 0 bridgehead atoms. The highest BCUT2D eigenvalue weighted by Crippen LogP contribution is 1.92. The third-order valence-electron chi connectivity index (χ3n) is 0.940. The number of hydrogen-bond donors (Lipinski definition) is 0. The molecule has 0 saturated carbocycles. The molecule has 0 heterocycles. The Morgan fingerprint density at radius 2 is 1.57 bits per heavy atom. The fourth-order valence-corrected chi connectivity index (χ4v) is 0.534. The SMILES string of the molecule is C[13c]1ccccc1. The summed E-state index contributed by atoms with van der Waals surface area (Å²) in [5.74, 6) is 0. The Bertz CT molecular complexity index is 130. The van der Waals surface area contributed by atoms with Crippen LogP contribution in [0.2, 0.25) is 0 Å². The van der Waals surface area contributed by atoms with Gasteiger partial charge in [0.15, 0.2) is 0 Å². The summed E-state index contributed by atoms with van der Waals surface area (Å²) in [5.41, 5.74) is 1.32. The summed E-state index contributed by atoms with van der Waals surface area (Å²) >= 11 is 0. The minimum atomic E-state index is 1.32. The Balaban J connectivity index is 3.02. The van der Waals surface area contributed by atoms with Gasteiger partial charge in [0.05, 0.1) is 0 Å². The Labute approximate surface area is 43.8 Å². The first-order chi connectivity index (χ1) is 3.39. The van der Waals surface area contributed by atoms with Crippen molar-refractivity contribution in [3.05, 3.63) is 35.9 Å². The van der Waals surface area contributed by atoms with E-state index in [2.05, 4.69) is 19.1 Å². The summed E-state index contributed by atoms with van der Waals surface area (Å²) in [5, 5.41) is 0. The zero-order chi connectivity index (χ0) is 5.11. The first-order valence-electron chi connectivity index (χ1n) is 2.41. The highest BCUT2D eigenvalue weighted by atomic mass is 14.2. The molecular formula is C7H8. The van der Waals surface area contributed by atoms with Crippen molar-refractivity contribution in [2.75, 3.05) is 0 Å². The minimum Gasteiger partial charge on any atom is -0.0622 e. The van der Waals surface area contributed by atoms with Crippen LogP contribution < -0.4 is 0 Å². The highest BCUT2D eigenvalue weighted by Gasteiger charge is 1.72. The predicted octanol–water partition coefficient (Wildman–Crippen LogP) is 2.00. The first-order valence-corrected chi connectivity index (χ1v) is 2.41. The average molecular weight is 93.1 g/mol. The van der Waals surface area contributed by atoms with Crippen LogP contribution >= 0.6 is 0 Å². The van der Waals surface area contributed by atoms with Crippen molar-refractivity contribution in [2.45, 2.75) is 6.92 Å². The molecule has 1 aromatic carbocycles. The highest BCUT2D eigenvalue weighted by molar-refractivity contribution is 5.11. The van der Waals surface area contributed by atoms with Crippen molar-refractivity contribution in [2.24, 2.45) is 0 Å². The molecule has 1 rings (SSSR count). The molecule has 0 aliphatic carbocycles. The van der Waals surface area contributed by atoms with Crippen molar-refractivity contribution in [1.82, 2.24) is 0 Å². The van der Waals surface area contributed by atoms with Crippen LogP contribution in [-0.4, -0.2) is 0 Å². The van der Waals surface area contributed by atoms with Crippen LogP contribution in [0.25, 0.3) is 0 Å². The number of hydrogen-bond acceptors (Lipinski definition) is 0. The Morgan fingerprint density at radius 1 is 1.00 bits per heavy atom. The van der Waals surface area contributed by atoms with Gasteiger partial charge >= 0.3 is 0 Å². The van der Waals surface area contributed by atoms with E-state index >= 15 is 0 Å². The molecule has 0 aliphatic heterocycles. The quantitative estimate of drug-likeness (QED) is 0.460. The Morgan fingerprint density at radius 3 is 1.86 bits per heavy atom. The lowest BCUT2D eigenvalue weighted by Crippen LogP contribution is -1.62. The van der Waals surface area contributed by atoms with Crippen molar-refractivity contribution in [3.8, 4) is 0 Å². The van der Waals surface area contributed by atoms with Crippen LogP contribution in [0.3, 0.4) is 0 Å². The van der Waals surface area contributed by atoms with Gasteiger partial charge < -0.3 is 0 Å². The average Bonchev–Trinajstić information content (AvgIpc) is 1.69. The van der Waals surface area contributed by atoms with Crippen molar-refractivity contribution >= 4 is 0 Å². The molecule has 7 heavy (non-hydrogen) atoms. The summed E-state index contributed by atoms with van der Waals surface area (Å²) in [6.45, 7) is 2.08. The molecule has 0 fully saturated rings. The lowest BCUT2D eigenvalue weighted by atomic mass is 10.4. The summed E-state index contributed by atoms with van der Waals surface area (Å²) in [6, 6.07) is 10.3. The molecule has 0 amide bonds. The van der Waals surface area contributed by atoms with E-state index in [1.54, 1.807) is 0 Å². The second-order valence-electron chi connectivity index (χ2n) is 1.65. The predicted molar refractivity (Wildman–Crippen MR) is 31.2 cm³/mol. The third kappa shape index (κ3) is 1.04. The monoisotopic (exact) mass is 93.1 g/mol. The molecule has 0 aliphatic rings. The zero-order valence-corrected chi connectivity index (χ0v) is 4.39. The van der Waals surface area contributed by atoms with Gasteiger partial charge in [-0.05, 0) is 6.92 Å². The molecule has 36 valence electrons. The first kappa shape index (κ1) is 4.38. The maximum absolute atomic E-state index is 2.08. The molecular weight excluding hydrogens is 85.1 g/mol. The maximum atomic E-state index is 2.08. The van der Waals surface area contributed by atoms with Gasteiger partial charge in [0.2, 0.25) is 0 Å². The fourth-order valence-electron chi connectivity index (χ4n) is 0.534. The fraction of sp³-hybridized carbons (Fsp3) is 0.143. The molecule has 0 heteroatoms. The van der Waals surface area contributed by atoms with Crippen molar-refractivity contribution < 1.29 is 0 Å². The summed E-state index contributed by atoms with van der Waals surface area (Å²) in [7, 11) is 0. The van der Waals surface area contributed by atoms with Gasteiger partial charge in [-0.25, -0.2) is 0 Å². The summed E-state index contributed by atoms with van der Waals surface area (Å²) < 4.78 is 0. The minimum absolute atomic E-state index is 1.32. The topological polar surface area (TPSA) is 0 Å². The van der Waals surface area contributed by atoms with Crippen LogP contribution in [0.1, 0.15) is 5.56 Å². The van der Waals surface area contributed by atoms with Gasteiger partial charge in [-0.1, -0.05) is 35.9 Å². The third-order valence-corrected chi connectivity index (χ3v) is 0.940. The number of rotatable bonds is 0. The number of benzene rings is 1. The molecule has 1 aromatic rings. The zero-order valence-electron chi connectivity index (χ0n) is 4.39. The second-order valence-corrected chi connectivity index (χ2v) is 1.65. The lowest BCUT2D eigenvalue weighted by molar-refractivity contribution is 1.48. The Hall–Kier alpha value is -0.780. The smallest absolute Gasteiger partial charge is 0.0398 e. The van der Waals surface area contributed by atoms with E-state index in [-0.39, 0.29) is 0 Å². The molecule has 0 spiro atoms. The van der Waals surface area contributed by atoms with E-state index in [0.717, 1.165) is 0 Å². The lowest BCUT2D eigenvalue weighted by Gasteiger charge is -1.82. The number of aryl methyl sites for hydroxylation is 1. The van der Waals surface area contributed by atoms with Crippen molar-refractivity contribution in [1.29, 1.82) is 0 Å².